The van der Waals surface area contributed by atoms with Gasteiger partial charge in [0.15, 0.2) is 7.11 Å². The lowest BCUT2D eigenvalue weighted by molar-refractivity contribution is -0.736. The number of benzene rings is 2. The molecule has 0 saturated carbocycles. The molecule has 1 unspecified atom stereocenters. The third kappa shape index (κ3) is 4.68. The average Bonchev–Trinajstić information content (AvgIpc) is 2.94. The summed E-state index contributed by atoms with van der Waals surface area (Å²) in [7, 11) is 0.167. The zero-order chi connectivity index (χ0) is 21.0. The monoisotopic (exact) mass is 417 g/mol. The molecule has 0 aromatic heterocycles. The van der Waals surface area contributed by atoms with Crippen LogP contribution < -0.4 is 4.74 Å². The molecule has 0 N–H and O–H groups in total. The number of nitrogens with zero attached hydrogens (tertiary/aromatic N) is 2. The molecule has 3 rings (SSSR count). The fourth-order valence-electron chi connectivity index (χ4n) is 3.11. The smallest absolute Gasteiger partial charge is 0.320 e. The van der Waals surface area contributed by atoms with Gasteiger partial charge in [-0.2, -0.15) is 0 Å². The summed E-state index contributed by atoms with van der Waals surface area (Å²) >= 11 is 0. The number of amides is 2. The molecule has 0 radical (unpaired) electrons. The SMILES string of the molecule is CO[N+](=O)c1cc(CS(C)=O)cc(OCCCN2C(=O)c3ccccc3C2=O)c1. The predicted molar refractivity (Wildman–Crippen MR) is 106 cm³/mol. The Morgan fingerprint density at radius 2 is 1.72 bits per heavy atom. The van der Waals surface area contributed by atoms with Gasteiger partial charge in [0.2, 0.25) is 0 Å². The summed E-state index contributed by atoms with van der Waals surface area (Å²) < 4.78 is 17.2. The fraction of sp³-hybridized carbons (Fsp3) is 0.300. The van der Waals surface area contributed by atoms with E-state index in [1.807, 2.05) is 0 Å². The van der Waals surface area contributed by atoms with Gasteiger partial charge < -0.3 is 4.74 Å². The summed E-state index contributed by atoms with van der Waals surface area (Å²) in [6.07, 6.45) is 2.00. The van der Waals surface area contributed by atoms with E-state index in [1.165, 1.54) is 18.1 Å². The van der Waals surface area contributed by atoms with E-state index in [1.54, 1.807) is 42.7 Å². The maximum atomic E-state index is 12.4. The molecule has 2 amide bonds. The summed E-state index contributed by atoms with van der Waals surface area (Å²) in [6.45, 7) is 0.459. The fourth-order valence-corrected chi connectivity index (χ4v) is 3.75. The minimum atomic E-state index is -1.08. The minimum absolute atomic E-state index is 0.226. The van der Waals surface area contributed by atoms with Crippen LogP contribution in [0.3, 0.4) is 0 Å². The number of carbonyl (C=O) groups is 2. The van der Waals surface area contributed by atoms with Gasteiger partial charge >= 0.3 is 5.69 Å². The molecular formula is C20H21N2O6S+. The van der Waals surface area contributed by atoms with E-state index in [0.717, 1.165) is 0 Å². The number of rotatable bonds is 9. The van der Waals surface area contributed by atoms with Crippen molar-refractivity contribution in [1.82, 2.24) is 4.90 Å². The van der Waals surface area contributed by atoms with E-state index >= 15 is 0 Å². The van der Waals surface area contributed by atoms with E-state index in [4.69, 9.17) is 4.74 Å². The molecule has 0 spiro atoms. The molecule has 2 aromatic rings. The molecule has 9 heteroatoms. The van der Waals surface area contributed by atoms with Crippen molar-refractivity contribution >= 4 is 28.3 Å². The minimum Gasteiger partial charge on any atom is -0.493 e. The maximum Gasteiger partial charge on any atom is 0.320 e. The maximum absolute atomic E-state index is 12.4. The lowest BCUT2D eigenvalue weighted by atomic mass is 10.1. The van der Waals surface area contributed by atoms with Gasteiger partial charge in [0.1, 0.15) is 5.75 Å². The number of fused-ring (bicyclic) bond motifs is 1. The summed E-state index contributed by atoms with van der Waals surface area (Å²) in [5.74, 6) is 0.0876. The van der Waals surface area contributed by atoms with E-state index in [-0.39, 0.29) is 36.4 Å². The second kappa shape index (κ2) is 8.95. The number of hydrogen-bond acceptors (Lipinski definition) is 6. The van der Waals surface area contributed by atoms with Crippen LogP contribution in [0.1, 0.15) is 32.7 Å². The molecule has 1 aliphatic heterocycles. The largest absolute Gasteiger partial charge is 0.493 e. The quantitative estimate of drug-likeness (QED) is 0.354. The van der Waals surface area contributed by atoms with Crippen LogP contribution >= 0.6 is 0 Å². The first-order valence-corrected chi connectivity index (χ1v) is 10.7. The Hall–Kier alpha value is -3.07. The number of ether oxygens (including phenoxy) is 1. The van der Waals surface area contributed by atoms with Crippen molar-refractivity contribution in [3.63, 3.8) is 0 Å². The number of hydrogen-bond donors (Lipinski definition) is 0. The Labute approximate surface area is 170 Å². The molecule has 29 heavy (non-hydrogen) atoms. The molecule has 8 nitrogen and oxygen atoms in total. The molecule has 1 heterocycles. The van der Waals surface area contributed by atoms with Crippen LogP contribution in [-0.4, -0.2) is 52.4 Å². The van der Waals surface area contributed by atoms with Crippen LogP contribution in [0.15, 0.2) is 42.5 Å². The summed E-state index contributed by atoms with van der Waals surface area (Å²) in [5.41, 5.74) is 1.74. The van der Waals surface area contributed by atoms with Crippen molar-refractivity contribution in [1.29, 1.82) is 0 Å². The van der Waals surface area contributed by atoms with Gasteiger partial charge in [0.25, 0.3) is 16.7 Å². The lowest BCUT2D eigenvalue weighted by Gasteiger charge is -2.14. The molecule has 0 saturated heterocycles. The number of imide groups is 1. The van der Waals surface area contributed by atoms with Crippen LogP contribution in [0.2, 0.25) is 0 Å². The Balaban J connectivity index is 1.62. The normalized spacial score (nSPS) is 13.9. The average molecular weight is 417 g/mol. The first kappa shape index (κ1) is 20.7. The standard InChI is InChI=1S/C20H21N2O6S/c1-27-22(25)15-10-14(13-29(2)26)11-16(12-15)28-9-5-8-21-19(23)17-6-3-4-7-18(17)20(21)24/h3-4,6-7,10-12H,5,8-9,13H2,1-2H3/q+1. The highest BCUT2D eigenvalue weighted by Gasteiger charge is 2.34. The van der Waals surface area contributed by atoms with Crippen LogP contribution in [0.5, 0.6) is 5.75 Å². The Morgan fingerprint density at radius 1 is 1.07 bits per heavy atom. The highest BCUT2D eigenvalue weighted by Crippen LogP contribution is 2.25. The van der Waals surface area contributed by atoms with Crippen molar-refractivity contribution in [2.24, 2.45) is 0 Å². The molecular weight excluding hydrogens is 396 g/mol. The van der Waals surface area contributed by atoms with E-state index in [2.05, 4.69) is 4.84 Å². The second-order valence-electron chi connectivity index (χ2n) is 6.50. The van der Waals surface area contributed by atoms with Crippen molar-refractivity contribution in [3.05, 3.63) is 64.1 Å². The van der Waals surface area contributed by atoms with Gasteiger partial charge in [-0.15, -0.1) is 0 Å². The molecule has 0 fully saturated rings. The molecule has 0 aliphatic carbocycles. The van der Waals surface area contributed by atoms with Gasteiger partial charge in [0.05, 0.1) is 28.7 Å². The molecule has 2 aromatic carbocycles. The predicted octanol–water partition coefficient (Wildman–Crippen LogP) is 2.60. The Morgan fingerprint density at radius 3 is 2.31 bits per heavy atom. The summed E-state index contributed by atoms with van der Waals surface area (Å²) in [6, 6.07) is 11.5. The highest BCUT2D eigenvalue weighted by atomic mass is 32.2. The van der Waals surface area contributed by atoms with Crippen molar-refractivity contribution < 1.29 is 28.3 Å². The molecule has 1 atom stereocenters. The first-order chi connectivity index (χ1) is 13.9. The second-order valence-corrected chi connectivity index (χ2v) is 7.94. The van der Waals surface area contributed by atoms with E-state index in [9.17, 15) is 18.7 Å². The first-order valence-electron chi connectivity index (χ1n) is 8.94. The third-order valence-corrected chi connectivity index (χ3v) is 5.11. The van der Waals surface area contributed by atoms with Crippen LogP contribution in [0.4, 0.5) is 5.69 Å². The van der Waals surface area contributed by atoms with Gasteiger partial charge in [-0.3, -0.25) is 18.7 Å². The van der Waals surface area contributed by atoms with Crippen molar-refractivity contribution in [2.75, 3.05) is 26.5 Å². The van der Waals surface area contributed by atoms with Gasteiger partial charge in [0, 0.05) is 35.4 Å². The van der Waals surface area contributed by atoms with Crippen LogP contribution in [0, 0.1) is 4.91 Å². The topological polar surface area (TPSA) is 93.0 Å². The van der Waals surface area contributed by atoms with Crippen LogP contribution in [-0.2, 0) is 21.4 Å². The zero-order valence-corrected chi connectivity index (χ0v) is 16.9. The van der Waals surface area contributed by atoms with Gasteiger partial charge in [-0.25, -0.2) is 4.84 Å². The van der Waals surface area contributed by atoms with Gasteiger partial charge in [-0.1, -0.05) is 12.1 Å². The van der Waals surface area contributed by atoms with E-state index in [0.29, 0.717) is 33.8 Å². The highest BCUT2D eigenvalue weighted by molar-refractivity contribution is 7.83. The summed E-state index contributed by atoms with van der Waals surface area (Å²) in [5, 5.41) is 0. The third-order valence-electron chi connectivity index (χ3n) is 4.37. The number of carbonyl (C=O) groups excluding carboxylic acids is 2. The molecule has 152 valence electrons. The van der Waals surface area contributed by atoms with Crippen molar-refractivity contribution in [2.45, 2.75) is 12.2 Å². The Kier molecular flexibility index (Phi) is 6.38. The van der Waals surface area contributed by atoms with Crippen LogP contribution in [0.25, 0.3) is 0 Å². The lowest BCUT2D eigenvalue weighted by Crippen LogP contribution is -2.31. The Bertz CT molecular complexity index is 956. The van der Waals surface area contributed by atoms with Crippen molar-refractivity contribution in [3.8, 4) is 5.75 Å². The zero-order valence-electron chi connectivity index (χ0n) is 16.1. The summed E-state index contributed by atoms with van der Waals surface area (Å²) in [4.78, 5) is 42.7. The van der Waals surface area contributed by atoms with E-state index < -0.39 is 10.8 Å². The molecule has 0 bridgehead atoms. The van der Waals surface area contributed by atoms with Gasteiger partial charge in [-0.05, 0) is 30.2 Å². The molecule has 1 aliphatic rings.